The summed E-state index contributed by atoms with van der Waals surface area (Å²) in [5.74, 6) is -0.462. The van der Waals surface area contributed by atoms with Gasteiger partial charge in [-0.25, -0.2) is 12.7 Å². The molecule has 0 aliphatic carbocycles. The van der Waals surface area contributed by atoms with Crippen molar-refractivity contribution in [2.45, 2.75) is 4.90 Å². The Labute approximate surface area is 161 Å². The minimum absolute atomic E-state index is 0.0767. The molecule has 0 aliphatic rings. The number of benzene rings is 1. The number of nitrogens with one attached hydrogen (secondary N) is 1. The van der Waals surface area contributed by atoms with E-state index in [1.807, 2.05) is 0 Å². The fourth-order valence-electron chi connectivity index (χ4n) is 2.06. The van der Waals surface area contributed by atoms with Gasteiger partial charge in [0.2, 0.25) is 10.0 Å². The van der Waals surface area contributed by atoms with Gasteiger partial charge in [-0.1, -0.05) is 23.2 Å². The summed E-state index contributed by atoms with van der Waals surface area (Å²) in [6.45, 7) is 0. The first-order valence-corrected chi connectivity index (χ1v) is 10.1. The number of hydrogen-bond donors (Lipinski definition) is 1. The molecule has 1 amide bonds. The Bertz CT molecular complexity index is 909. The average Bonchev–Trinajstić information content (AvgIpc) is 2.85. The lowest BCUT2D eigenvalue weighted by atomic mass is 10.2. The van der Waals surface area contributed by atoms with Crippen LogP contribution in [0.3, 0.4) is 0 Å². The fourth-order valence-corrected chi connectivity index (χ4v) is 4.45. The molecule has 10 heteroatoms. The van der Waals surface area contributed by atoms with E-state index in [0.717, 1.165) is 15.6 Å². The predicted octanol–water partition coefficient (Wildman–Crippen LogP) is 3.62. The third-order valence-corrected chi connectivity index (χ3v) is 6.68. The third kappa shape index (κ3) is 4.27. The molecule has 1 aromatic carbocycles. The average molecular weight is 422 g/mol. The van der Waals surface area contributed by atoms with Gasteiger partial charge < -0.3 is 10.2 Å². The van der Waals surface area contributed by atoms with Crippen molar-refractivity contribution in [3.05, 3.63) is 38.5 Å². The minimum atomic E-state index is -3.63. The van der Waals surface area contributed by atoms with E-state index in [9.17, 15) is 13.2 Å². The molecule has 25 heavy (non-hydrogen) atoms. The summed E-state index contributed by atoms with van der Waals surface area (Å²) in [6, 6.07) is 6.02. The van der Waals surface area contributed by atoms with Gasteiger partial charge in [-0.3, -0.25) is 4.79 Å². The Morgan fingerprint density at radius 1 is 1.12 bits per heavy atom. The van der Waals surface area contributed by atoms with Crippen LogP contribution in [0.5, 0.6) is 0 Å². The molecule has 2 rings (SSSR count). The summed E-state index contributed by atoms with van der Waals surface area (Å²) in [4.78, 5) is 14.3. The Morgan fingerprint density at radius 3 is 2.24 bits per heavy atom. The number of sulfonamides is 1. The molecule has 6 nitrogen and oxygen atoms in total. The lowest BCUT2D eigenvalue weighted by Gasteiger charge is -2.20. The molecule has 0 unspecified atom stereocenters. The summed E-state index contributed by atoms with van der Waals surface area (Å²) in [6.07, 6.45) is 0. The van der Waals surface area contributed by atoms with Gasteiger partial charge in [0.15, 0.2) is 0 Å². The van der Waals surface area contributed by atoms with Crippen LogP contribution in [-0.4, -0.2) is 46.8 Å². The number of amides is 1. The van der Waals surface area contributed by atoms with Gasteiger partial charge in [-0.2, -0.15) is 0 Å². The lowest BCUT2D eigenvalue weighted by Crippen LogP contribution is -2.23. The van der Waals surface area contributed by atoms with E-state index in [0.29, 0.717) is 15.7 Å². The number of carbonyl (C=O) groups excluding carboxylic acids is 1. The van der Waals surface area contributed by atoms with Crippen LogP contribution in [0.2, 0.25) is 8.67 Å². The quantitative estimate of drug-likeness (QED) is 0.799. The normalized spacial score (nSPS) is 11.6. The second kappa shape index (κ2) is 7.51. The number of nitrogens with zero attached hydrogens (tertiary/aromatic N) is 2. The minimum Gasteiger partial charge on any atom is -0.376 e. The van der Waals surface area contributed by atoms with Crippen molar-refractivity contribution in [2.75, 3.05) is 38.4 Å². The zero-order chi connectivity index (χ0) is 18.9. The van der Waals surface area contributed by atoms with Gasteiger partial charge in [0.05, 0.1) is 26.2 Å². The molecule has 0 bridgehead atoms. The third-order valence-electron chi connectivity index (χ3n) is 3.38. The standard InChI is InChI=1S/C15H17Cl2N3O3S2/c1-19(2)12-6-5-9(25(22,23)20(3)4)7-11(12)18-15(21)10-8-13(16)24-14(10)17/h5-8H,1-4H3,(H,18,21). The van der Waals surface area contributed by atoms with Crippen LogP contribution in [0.4, 0.5) is 11.4 Å². The van der Waals surface area contributed by atoms with Gasteiger partial charge in [-0.05, 0) is 24.3 Å². The van der Waals surface area contributed by atoms with Gasteiger partial charge >= 0.3 is 0 Å². The molecule has 0 saturated carbocycles. The van der Waals surface area contributed by atoms with Gasteiger partial charge in [-0.15, -0.1) is 11.3 Å². The maximum atomic E-state index is 12.5. The molecule has 0 spiro atoms. The summed E-state index contributed by atoms with van der Waals surface area (Å²) < 4.78 is 26.5. The Hall–Kier alpha value is -1.32. The maximum absolute atomic E-state index is 12.5. The van der Waals surface area contributed by atoms with E-state index < -0.39 is 15.9 Å². The highest BCUT2D eigenvalue weighted by Gasteiger charge is 2.21. The van der Waals surface area contributed by atoms with E-state index in [-0.39, 0.29) is 14.8 Å². The topological polar surface area (TPSA) is 69.7 Å². The molecular formula is C15H17Cl2N3O3S2. The van der Waals surface area contributed by atoms with E-state index in [4.69, 9.17) is 23.2 Å². The Balaban J connectivity index is 2.47. The first-order chi connectivity index (χ1) is 11.5. The lowest BCUT2D eigenvalue weighted by molar-refractivity contribution is 0.102. The van der Waals surface area contributed by atoms with Crippen LogP contribution in [-0.2, 0) is 10.0 Å². The highest BCUT2D eigenvalue weighted by molar-refractivity contribution is 7.89. The Morgan fingerprint density at radius 2 is 1.76 bits per heavy atom. The number of carbonyl (C=O) groups is 1. The van der Waals surface area contributed by atoms with Crippen LogP contribution in [0, 0.1) is 0 Å². The smallest absolute Gasteiger partial charge is 0.258 e. The van der Waals surface area contributed by atoms with Gasteiger partial charge in [0, 0.05) is 28.2 Å². The van der Waals surface area contributed by atoms with Crippen molar-refractivity contribution in [1.82, 2.24) is 4.31 Å². The van der Waals surface area contributed by atoms with Crippen molar-refractivity contribution in [2.24, 2.45) is 0 Å². The predicted molar refractivity (Wildman–Crippen MR) is 104 cm³/mol. The summed E-state index contributed by atoms with van der Waals surface area (Å²) in [5, 5.41) is 2.71. The van der Waals surface area contributed by atoms with E-state index in [2.05, 4.69) is 5.32 Å². The molecule has 136 valence electrons. The number of thiophene rings is 1. The summed E-state index contributed by atoms with van der Waals surface area (Å²) in [7, 11) is 2.84. The molecule has 1 N–H and O–H groups in total. The molecule has 1 aromatic heterocycles. The van der Waals surface area contributed by atoms with Crippen LogP contribution in [0.1, 0.15) is 10.4 Å². The van der Waals surface area contributed by atoms with E-state index >= 15 is 0 Å². The number of hydrogen-bond acceptors (Lipinski definition) is 5. The highest BCUT2D eigenvalue weighted by Crippen LogP contribution is 2.33. The molecule has 2 aromatic rings. The van der Waals surface area contributed by atoms with Crippen molar-refractivity contribution in [3.8, 4) is 0 Å². The van der Waals surface area contributed by atoms with Crippen molar-refractivity contribution in [1.29, 1.82) is 0 Å². The number of halogens is 2. The summed E-state index contributed by atoms with van der Waals surface area (Å²) >= 11 is 13.0. The van der Waals surface area contributed by atoms with Crippen LogP contribution >= 0.6 is 34.5 Å². The van der Waals surface area contributed by atoms with Crippen molar-refractivity contribution >= 4 is 61.8 Å². The van der Waals surface area contributed by atoms with Crippen LogP contribution in [0.15, 0.2) is 29.2 Å². The molecule has 0 aliphatic heterocycles. The van der Waals surface area contributed by atoms with Crippen molar-refractivity contribution < 1.29 is 13.2 Å². The highest BCUT2D eigenvalue weighted by atomic mass is 35.5. The van der Waals surface area contributed by atoms with E-state index in [1.54, 1.807) is 25.1 Å². The SMILES string of the molecule is CN(C)c1ccc(S(=O)(=O)N(C)C)cc1NC(=O)c1cc(Cl)sc1Cl. The number of anilines is 2. The molecule has 0 radical (unpaired) electrons. The molecule has 0 fully saturated rings. The Kier molecular flexibility index (Phi) is 6.01. The van der Waals surface area contributed by atoms with Gasteiger partial charge in [0.1, 0.15) is 4.34 Å². The molecule has 0 saturated heterocycles. The monoisotopic (exact) mass is 421 g/mol. The van der Waals surface area contributed by atoms with Gasteiger partial charge in [0.25, 0.3) is 5.91 Å². The van der Waals surface area contributed by atoms with Crippen molar-refractivity contribution in [3.63, 3.8) is 0 Å². The second-order valence-corrected chi connectivity index (χ2v) is 9.99. The zero-order valence-corrected chi connectivity index (χ0v) is 17.1. The zero-order valence-electron chi connectivity index (χ0n) is 14.0. The van der Waals surface area contributed by atoms with Crippen LogP contribution in [0.25, 0.3) is 0 Å². The second-order valence-electron chi connectivity index (χ2n) is 5.55. The first kappa shape index (κ1) is 20.0. The molecule has 0 atom stereocenters. The van der Waals surface area contributed by atoms with Crippen LogP contribution < -0.4 is 10.2 Å². The number of rotatable bonds is 5. The summed E-state index contributed by atoms with van der Waals surface area (Å²) in [5.41, 5.74) is 1.25. The fraction of sp³-hybridized carbons (Fsp3) is 0.267. The first-order valence-electron chi connectivity index (χ1n) is 7.04. The molecular weight excluding hydrogens is 405 g/mol. The molecule has 1 heterocycles. The maximum Gasteiger partial charge on any atom is 0.258 e. The van der Waals surface area contributed by atoms with E-state index in [1.165, 1.54) is 32.3 Å². The largest absolute Gasteiger partial charge is 0.376 e.